The van der Waals surface area contributed by atoms with Crippen LogP contribution in [0.15, 0.2) is 65.8 Å². The second-order valence-electron chi connectivity index (χ2n) is 5.12. The first-order valence-corrected chi connectivity index (χ1v) is 7.47. The molecule has 0 spiro atoms. The summed E-state index contributed by atoms with van der Waals surface area (Å²) in [7, 11) is 1.58. The molecule has 0 bridgehead atoms. The molecule has 7 heteroatoms. The zero-order valence-electron chi connectivity index (χ0n) is 13.5. The van der Waals surface area contributed by atoms with E-state index in [-0.39, 0.29) is 11.5 Å². The van der Waals surface area contributed by atoms with E-state index in [1.165, 1.54) is 0 Å². The molecule has 1 aromatic heterocycles. The van der Waals surface area contributed by atoms with E-state index in [0.29, 0.717) is 17.0 Å². The highest BCUT2D eigenvalue weighted by Crippen LogP contribution is 2.22. The minimum atomic E-state index is -0.680. The summed E-state index contributed by atoms with van der Waals surface area (Å²) in [5, 5.41) is 10.4. The molecule has 0 saturated heterocycles. The number of aromatic amines is 1. The lowest BCUT2D eigenvalue weighted by Gasteiger charge is -2.01. The van der Waals surface area contributed by atoms with Crippen LogP contribution in [0.2, 0.25) is 0 Å². The molecule has 1 heterocycles. The van der Waals surface area contributed by atoms with E-state index in [2.05, 4.69) is 15.4 Å². The normalized spacial score (nSPS) is 11.2. The fraction of sp³-hybridized carbons (Fsp3) is 0.0556. The largest absolute Gasteiger partial charge is 0.497 e. The molecule has 0 radical (unpaired) electrons. The van der Waals surface area contributed by atoms with Crippen molar-refractivity contribution < 1.29 is 14.4 Å². The van der Waals surface area contributed by atoms with Crippen LogP contribution in [-0.4, -0.2) is 29.1 Å². The highest BCUT2D eigenvalue weighted by Gasteiger charge is 2.13. The van der Waals surface area contributed by atoms with Gasteiger partial charge in [-0.3, -0.25) is 5.10 Å². The molecule has 2 aromatic carbocycles. The van der Waals surface area contributed by atoms with Gasteiger partial charge in [0.2, 0.25) is 0 Å². The summed E-state index contributed by atoms with van der Waals surface area (Å²) < 4.78 is 5.18. The number of amidine groups is 1. The molecule has 0 unspecified atom stereocenters. The molecule has 0 aliphatic heterocycles. The molecular formula is C18H16N4O3. The number of nitrogens with one attached hydrogen (secondary N) is 1. The molecule has 0 aliphatic rings. The van der Waals surface area contributed by atoms with Crippen molar-refractivity contribution >= 4 is 11.8 Å². The van der Waals surface area contributed by atoms with Crippen LogP contribution in [0.25, 0.3) is 11.3 Å². The van der Waals surface area contributed by atoms with Crippen LogP contribution in [0.5, 0.6) is 5.75 Å². The Kier molecular flexibility index (Phi) is 4.75. The number of carbonyl (C=O) groups excluding carboxylic acids is 1. The fourth-order valence-electron chi connectivity index (χ4n) is 2.16. The molecule has 126 valence electrons. The van der Waals surface area contributed by atoms with E-state index in [0.717, 1.165) is 5.56 Å². The lowest BCUT2D eigenvalue weighted by molar-refractivity contribution is 0.0509. The van der Waals surface area contributed by atoms with Crippen LogP contribution < -0.4 is 10.5 Å². The van der Waals surface area contributed by atoms with E-state index < -0.39 is 5.97 Å². The first kappa shape index (κ1) is 16.3. The Morgan fingerprint density at radius 1 is 1.12 bits per heavy atom. The summed E-state index contributed by atoms with van der Waals surface area (Å²) in [6.45, 7) is 0. The van der Waals surface area contributed by atoms with E-state index in [1.807, 2.05) is 42.5 Å². The molecule has 7 nitrogen and oxygen atoms in total. The van der Waals surface area contributed by atoms with Gasteiger partial charge >= 0.3 is 5.97 Å². The van der Waals surface area contributed by atoms with Crippen LogP contribution >= 0.6 is 0 Å². The van der Waals surface area contributed by atoms with Crippen LogP contribution in [-0.2, 0) is 4.84 Å². The van der Waals surface area contributed by atoms with Gasteiger partial charge in [0.25, 0.3) is 0 Å². The molecule has 3 rings (SSSR count). The molecule has 0 atom stereocenters. The SMILES string of the molecule is COc1cccc(-c2cc(C(=O)O/N=C(\N)c3ccccc3)[nH]n2)c1. The van der Waals surface area contributed by atoms with Gasteiger partial charge in [0, 0.05) is 11.1 Å². The van der Waals surface area contributed by atoms with Gasteiger partial charge < -0.3 is 15.3 Å². The van der Waals surface area contributed by atoms with Gasteiger partial charge in [-0.05, 0) is 18.2 Å². The number of aromatic nitrogens is 2. The Bertz CT molecular complexity index is 903. The summed E-state index contributed by atoms with van der Waals surface area (Å²) in [5.74, 6) is 0.131. The van der Waals surface area contributed by atoms with Crippen molar-refractivity contribution in [2.24, 2.45) is 10.9 Å². The summed E-state index contributed by atoms with van der Waals surface area (Å²) in [4.78, 5) is 16.9. The number of nitrogens with two attached hydrogens (primary N) is 1. The predicted octanol–water partition coefficient (Wildman–Crippen LogP) is 2.56. The van der Waals surface area contributed by atoms with Gasteiger partial charge in [-0.15, -0.1) is 0 Å². The van der Waals surface area contributed by atoms with E-state index in [9.17, 15) is 4.79 Å². The Balaban J connectivity index is 1.72. The van der Waals surface area contributed by atoms with E-state index >= 15 is 0 Å². The van der Waals surface area contributed by atoms with Crippen molar-refractivity contribution in [1.29, 1.82) is 0 Å². The maximum Gasteiger partial charge on any atom is 0.383 e. The van der Waals surface area contributed by atoms with Crippen molar-refractivity contribution in [2.75, 3.05) is 7.11 Å². The average Bonchev–Trinajstić information content (AvgIpc) is 3.17. The first-order valence-electron chi connectivity index (χ1n) is 7.47. The summed E-state index contributed by atoms with van der Waals surface area (Å²) >= 11 is 0. The van der Waals surface area contributed by atoms with Crippen LogP contribution in [0, 0.1) is 0 Å². The highest BCUT2D eigenvalue weighted by molar-refractivity contribution is 5.98. The zero-order valence-corrected chi connectivity index (χ0v) is 13.5. The van der Waals surface area contributed by atoms with Crippen LogP contribution in [0.1, 0.15) is 16.1 Å². The standard InChI is InChI=1S/C18H16N4O3/c1-24-14-9-5-8-13(10-14)15-11-16(21-20-15)18(23)25-22-17(19)12-6-3-2-4-7-12/h2-11H,1H3,(H2,19,22)(H,20,21). The Labute approximate surface area is 144 Å². The maximum atomic E-state index is 12.1. The third-order valence-electron chi connectivity index (χ3n) is 3.46. The molecule has 3 N–H and O–H groups in total. The minimum absolute atomic E-state index is 0.112. The molecule has 0 aliphatic carbocycles. The van der Waals surface area contributed by atoms with Gasteiger partial charge in [-0.25, -0.2) is 4.79 Å². The quantitative estimate of drug-likeness (QED) is 0.323. The maximum absolute atomic E-state index is 12.1. The number of hydrogen-bond donors (Lipinski definition) is 2. The third kappa shape index (κ3) is 3.84. The zero-order chi connectivity index (χ0) is 17.6. The Morgan fingerprint density at radius 2 is 1.92 bits per heavy atom. The smallest absolute Gasteiger partial charge is 0.383 e. The second kappa shape index (κ2) is 7.31. The number of oxime groups is 1. The number of hydrogen-bond acceptors (Lipinski definition) is 5. The van der Waals surface area contributed by atoms with Crippen molar-refractivity contribution in [2.45, 2.75) is 0 Å². The minimum Gasteiger partial charge on any atom is -0.497 e. The van der Waals surface area contributed by atoms with Gasteiger partial charge in [0.05, 0.1) is 12.8 Å². The van der Waals surface area contributed by atoms with E-state index in [4.69, 9.17) is 15.3 Å². The van der Waals surface area contributed by atoms with Crippen molar-refractivity contribution in [3.8, 4) is 17.0 Å². The van der Waals surface area contributed by atoms with Gasteiger partial charge in [-0.2, -0.15) is 5.10 Å². The Morgan fingerprint density at radius 3 is 2.68 bits per heavy atom. The van der Waals surface area contributed by atoms with Gasteiger partial charge in [-0.1, -0.05) is 47.6 Å². The number of nitrogens with zero attached hydrogens (tertiary/aromatic N) is 2. The number of rotatable bonds is 5. The molecule has 0 fully saturated rings. The van der Waals surface area contributed by atoms with Crippen molar-refractivity contribution in [1.82, 2.24) is 10.2 Å². The number of H-pyrrole nitrogens is 1. The second-order valence-corrected chi connectivity index (χ2v) is 5.12. The number of ether oxygens (including phenoxy) is 1. The highest BCUT2D eigenvalue weighted by atomic mass is 16.7. The predicted molar refractivity (Wildman–Crippen MR) is 93.2 cm³/mol. The topological polar surface area (TPSA) is 103 Å². The number of carbonyl (C=O) groups is 1. The van der Waals surface area contributed by atoms with Crippen molar-refractivity contribution in [3.63, 3.8) is 0 Å². The monoisotopic (exact) mass is 336 g/mol. The number of benzene rings is 2. The molecule has 0 saturated carbocycles. The van der Waals surface area contributed by atoms with Crippen LogP contribution in [0.4, 0.5) is 0 Å². The molecular weight excluding hydrogens is 320 g/mol. The van der Waals surface area contributed by atoms with Crippen LogP contribution in [0.3, 0.4) is 0 Å². The van der Waals surface area contributed by atoms with Gasteiger partial charge in [0.1, 0.15) is 11.4 Å². The summed E-state index contributed by atoms with van der Waals surface area (Å²) in [6.07, 6.45) is 0. The fourth-order valence-corrected chi connectivity index (χ4v) is 2.16. The lowest BCUT2D eigenvalue weighted by atomic mass is 10.1. The van der Waals surface area contributed by atoms with E-state index in [1.54, 1.807) is 25.3 Å². The van der Waals surface area contributed by atoms with Crippen molar-refractivity contribution in [3.05, 3.63) is 71.9 Å². The first-order chi connectivity index (χ1) is 12.2. The Hall–Kier alpha value is -3.61. The molecule has 25 heavy (non-hydrogen) atoms. The summed E-state index contributed by atoms with van der Waals surface area (Å²) in [5.41, 5.74) is 8.01. The average molecular weight is 336 g/mol. The number of methoxy groups -OCH3 is 1. The third-order valence-corrected chi connectivity index (χ3v) is 3.46. The molecule has 3 aromatic rings. The summed E-state index contributed by atoms with van der Waals surface area (Å²) in [6, 6.07) is 17.9. The van der Waals surface area contributed by atoms with Gasteiger partial charge in [0.15, 0.2) is 5.84 Å². The molecule has 0 amide bonds. The lowest BCUT2D eigenvalue weighted by Crippen LogP contribution is -2.15.